The first-order chi connectivity index (χ1) is 16.3. The summed E-state index contributed by atoms with van der Waals surface area (Å²) in [5.41, 5.74) is 1.28. The molecule has 1 heterocycles. The maximum atomic E-state index is 12.9. The molecule has 0 radical (unpaired) electrons. The number of carbonyl (C=O) groups excluding carboxylic acids is 2. The van der Waals surface area contributed by atoms with E-state index >= 15 is 0 Å². The molecular weight excluding hydrogens is 442 g/mol. The van der Waals surface area contributed by atoms with Crippen LogP contribution in [-0.4, -0.2) is 33.2 Å². The van der Waals surface area contributed by atoms with Gasteiger partial charge in [-0.2, -0.15) is 0 Å². The zero-order chi connectivity index (χ0) is 24.2. The highest BCUT2D eigenvalue weighted by Gasteiger charge is 2.20. The Morgan fingerprint density at radius 3 is 2.12 bits per heavy atom. The molecule has 10 heteroatoms. The number of fused-ring (bicyclic) bond motifs is 1. The molecule has 168 valence electrons. The number of Topliss-reactive ketones (excluding diaryl/α,β-unsaturated/α-hetero) is 1. The standard InChI is InChI=1S/C24H15N3O7/c28-23(16-6-8-17(9-7-16)26(30)31)14-34-24(29)20-13-22(15-4-2-1-3-5-15)25-21-11-10-18(27(32)33)12-19(20)21/h1-13H,14H2. The van der Waals surface area contributed by atoms with Crippen LogP contribution in [0.2, 0.25) is 0 Å². The second-order valence-corrected chi connectivity index (χ2v) is 7.18. The molecule has 10 nitrogen and oxygen atoms in total. The second kappa shape index (κ2) is 9.25. The normalized spacial score (nSPS) is 10.6. The SMILES string of the molecule is O=C(COC(=O)c1cc(-c2ccccc2)nc2ccc([N+](=O)[O-])cc12)c1ccc([N+](=O)[O-])cc1. The fourth-order valence-corrected chi connectivity index (χ4v) is 3.31. The van der Waals surface area contributed by atoms with Crippen molar-refractivity contribution in [3.8, 4) is 11.3 Å². The van der Waals surface area contributed by atoms with Crippen LogP contribution in [0.25, 0.3) is 22.2 Å². The number of aromatic nitrogens is 1. The van der Waals surface area contributed by atoms with Gasteiger partial charge in [0.05, 0.1) is 26.6 Å². The maximum Gasteiger partial charge on any atom is 0.339 e. The Morgan fingerprint density at radius 2 is 1.47 bits per heavy atom. The Kier molecular flexibility index (Phi) is 6.04. The molecule has 1 aromatic heterocycles. The topological polar surface area (TPSA) is 143 Å². The summed E-state index contributed by atoms with van der Waals surface area (Å²) in [7, 11) is 0. The van der Waals surface area contributed by atoms with Gasteiger partial charge >= 0.3 is 5.97 Å². The molecule has 0 aliphatic carbocycles. The second-order valence-electron chi connectivity index (χ2n) is 7.18. The predicted molar refractivity (Wildman–Crippen MR) is 122 cm³/mol. The smallest absolute Gasteiger partial charge is 0.339 e. The van der Waals surface area contributed by atoms with Crippen LogP contribution in [0, 0.1) is 20.2 Å². The summed E-state index contributed by atoms with van der Waals surface area (Å²) < 4.78 is 5.20. The van der Waals surface area contributed by atoms with Gasteiger partial charge in [0, 0.05) is 40.8 Å². The van der Waals surface area contributed by atoms with Gasteiger partial charge in [-0.25, -0.2) is 9.78 Å². The molecule has 0 saturated heterocycles. The van der Waals surface area contributed by atoms with Crippen molar-refractivity contribution in [1.29, 1.82) is 0 Å². The number of ketones is 1. The molecule has 0 aliphatic heterocycles. The molecule has 0 saturated carbocycles. The van der Waals surface area contributed by atoms with Crippen molar-refractivity contribution in [2.45, 2.75) is 0 Å². The number of nitrogens with zero attached hydrogens (tertiary/aromatic N) is 3. The van der Waals surface area contributed by atoms with Gasteiger partial charge in [0.25, 0.3) is 11.4 Å². The number of ether oxygens (including phenoxy) is 1. The van der Waals surface area contributed by atoms with Crippen molar-refractivity contribution in [3.63, 3.8) is 0 Å². The van der Waals surface area contributed by atoms with E-state index in [2.05, 4.69) is 4.98 Å². The lowest BCUT2D eigenvalue weighted by molar-refractivity contribution is -0.385. The summed E-state index contributed by atoms with van der Waals surface area (Å²) in [6.45, 7) is -0.615. The number of nitro benzene ring substituents is 2. The van der Waals surface area contributed by atoms with E-state index in [0.717, 1.165) is 5.56 Å². The molecule has 0 unspecified atom stereocenters. The van der Waals surface area contributed by atoms with E-state index in [4.69, 9.17) is 4.74 Å². The number of benzene rings is 3. The van der Waals surface area contributed by atoms with Crippen LogP contribution in [0.1, 0.15) is 20.7 Å². The minimum atomic E-state index is -0.861. The Labute approximate surface area is 191 Å². The van der Waals surface area contributed by atoms with E-state index in [1.54, 1.807) is 24.3 Å². The number of hydrogen-bond donors (Lipinski definition) is 0. The quantitative estimate of drug-likeness (QED) is 0.167. The van der Waals surface area contributed by atoms with Crippen LogP contribution < -0.4 is 0 Å². The van der Waals surface area contributed by atoms with Gasteiger partial charge in [-0.3, -0.25) is 25.0 Å². The number of rotatable bonds is 7. The molecule has 0 fully saturated rings. The Balaban J connectivity index is 1.66. The number of nitro groups is 2. The van der Waals surface area contributed by atoms with Crippen molar-refractivity contribution in [1.82, 2.24) is 4.98 Å². The molecule has 4 aromatic rings. The van der Waals surface area contributed by atoms with Gasteiger partial charge in [-0.1, -0.05) is 30.3 Å². The fraction of sp³-hybridized carbons (Fsp3) is 0.0417. The first-order valence-electron chi connectivity index (χ1n) is 9.93. The summed E-state index contributed by atoms with van der Waals surface area (Å²) in [5, 5.41) is 22.2. The predicted octanol–water partition coefficient (Wildman–Crippen LogP) is 4.76. The number of carbonyl (C=O) groups is 2. The molecule has 0 aliphatic rings. The molecule has 0 bridgehead atoms. The summed E-state index contributed by atoms with van der Waals surface area (Å²) in [6, 6.07) is 19.3. The highest BCUT2D eigenvalue weighted by Crippen LogP contribution is 2.28. The average molecular weight is 457 g/mol. The monoisotopic (exact) mass is 457 g/mol. The van der Waals surface area contributed by atoms with E-state index in [0.29, 0.717) is 11.2 Å². The molecular formula is C24H15N3O7. The van der Waals surface area contributed by atoms with E-state index in [1.165, 1.54) is 48.5 Å². The fourth-order valence-electron chi connectivity index (χ4n) is 3.31. The first-order valence-corrected chi connectivity index (χ1v) is 9.93. The molecule has 3 aromatic carbocycles. The van der Waals surface area contributed by atoms with Crippen LogP contribution in [0.4, 0.5) is 11.4 Å². The lowest BCUT2D eigenvalue weighted by atomic mass is 10.0. The Hall–Kier alpha value is -4.99. The van der Waals surface area contributed by atoms with Gasteiger partial charge in [-0.05, 0) is 24.3 Å². The summed E-state index contributed by atoms with van der Waals surface area (Å²) in [5.74, 6) is -1.42. The van der Waals surface area contributed by atoms with E-state index < -0.39 is 28.2 Å². The summed E-state index contributed by atoms with van der Waals surface area (Å²) >= 11 is 0. The molecule has 34 heavy (non-hydrogen) atoms. The van der Waals surface area contributed by atoms with Crippen LogP contribution in [0.15, 0.2) is 78.9 Å². The number of esters is 1. The van der Waals surface area contributed by atoms with Crippen LogP contribution in [-0.2, 0) is 4.74 Å². The van der Waals surface area contributed by atoms with Gasteiger partial charge in [-0.15, -0.1) is 0 Å². The zero-order valence-electron chi connectivity index (χ0n) is 17.4. The largest absolute Gasteiger partial charge is 0.454 e. The highest BCUT2D eigenvalue weighted by atomic mass is 16.6. The van der Waals surface area contributed by atoms with Crippen molar-refractivity contribution in [2.75, 3.05) is 6.61 Å². The molecule has 0 spiro atoms. The lowest BCUT2D eigenvalue weighted by Gasteiger charge is -2.10. The van der Waals surface area contributed by atoms with E-state index in [1.807, 2.05) is 6.07 Å². The molecule has 0 N–H and O–H groups in total. The van der Waals surface area contributed by atoms with E-state index in [-0.39, 0.29) is 27.9 Å². The minimum Gasteiger partial charge on any atom is -0.454 e. The lowest BCUT2D eigenvalue weighted by Crippen LogP contribution is -2.15. The van der Waals surface area contributed by atoms with Gasteiger partial charge in [0.1, 0.15) is 0 Å². The van der Waals surface area contributed by atoms with Crippen LogP contribution in [0.3, 0.4) is 0 Å². The zero-order valence-corrected chi connectivity index (χ0v) is 17.4. The van der Waals surface area contributed by atoms with Gasteiger partial charge in [0.15, 0.2) is 12.4 Å². The number of hydrogen-bond acceptors (Lipinski definition) is 8. The Morgan fingerprint density at radius 1 is 0.824 bits per heavy atom. The summed E-state index contributed by atoms with van der Waals surface area (Å²) in [4.78, 5) is 50.7. The first kappa shape index (κ1) is 22.2. The van der Waals surface area contributed by atoms with Crippen molar-refractivity contribution in [2.24, 2.45) is 0 Å². The van der Waals surface area contributed by atoms with Crippen molar-refractivity contribution >= 4 is 34.0 Å². The summed E-state index contributed by atoms with van der Waals surface area (Å²) in [6.07, 6.45) is 0. The third kappa shape index (κ3) is 4.60. The van der Waals surface area contributed by atoms with Crippen LogP contribution >= 0.6 is 0 Å². The molecule has 0 atom stereocenters. The Bertz CT molecular complexity index is 1430. The van der Waals surface area contributed by atoms with E-state index in [9.17, 15) is 29.8 Å². The third-order valence-corrected chi connectivity index (χ3v) is 5.03. The maximum absolute atomic E-state index is 12.9. The molecule has 0 amide bonds. The highest BCUT2D eigenvalue weighted by molar-refractivity contribution is 6.06. The third-order valence-electron chi connectivity index (χ3n) is 5.03. The number of non-ortho nitro benzene ring substituents is 2. The van der Waals surface area contributed by atoms with Gasteiger partial charge in [0.2, 0.25) is 0 Å². The average Bonchev–Trinajstić information content (AvgIpc) is 2.86. The van der Waals surface area contributed by atoms with Crippen LogP contribution in [0.5, 0.6) is 0 Å². The van der Waals surface area contributed by atoms with Crippen molar-refractivity contribution in [3.05, 3.63) is 110 Å². The molecule has 4 rings (SSSR count). The van der Waals surface area contributed by atoms with Gasteiger partial charge < -0.3 is 4.74 Å². The number of pyridine rings is 1. The minimum absolute atomic E-state index is 0.0176. The van der Waals surface area contributed by atoms with Crippen molar-refractivity contribution < 1.29 is 24.2 Å².